The van der Waals surface area contributed by atoms with E-state index in [-0.39, 0.29) is 10.4 Å². The molecular formula is C19H20IN5O6S. The number of fused-ring (bicyclic) bond motifs is 1. The van der Waals surface area contributed by atoms with Gasteiger partial charge in [-0.3, -0.25) is 14.4 Å². The van der Waals surface area contributed by atoms with Crippen LogP contribution in [0.25, 0.3) is 10.4 Å². The molecule has 4 atom stereocenters. The zero-order valence-corrected chi connectivity index (χ0v) is 20.3. The number of thioether (sulfide) groups is 1. The topological polar surface area (TPSA) is 151 Å². The van der Waals surface area contributed by atoms with Crippen LogP contribution in [-0.2, 0) is 23.9 Å². The second-order valence-corrected chi connectivity index (χ2v) is 9.98. The van der Waals surface area contributed by atoms with Crippen molar-refractivity contribution in [2.24, 2.45) is 5.11 Å². The summed E-state index contributed by atoms with van der Waals surface area (Å²) < 4.78 is 9.63. The van der Waals surface area contributed by atoms with Crippen molar-refractivity contribution in [2.45, 2.75) is 49.0 Å². The van der Waals surface area contributed by atoms with E-state index in [2.05, 4.69) is 15.3 Å². The monoisotopic (exact) mass is 573 g/mol. The van der Waals surface area contributed by atoms with Gasteiger partial charge in [-0.05, 0) is 59.7 Å². The summed E-state index contributed by atoms with van der Waals surface area (Å²) in [4.78, 5) is 53.3. The van der Waals surface area contributed by atoms with Gasteiger partial charge in [-0.25, -0.2) is 4.79 Å². The van der Waals surface area contributed by atoms with Gasteiger partial charge < -0.3 is 19.7 Å². The Morgan fingerprint density at radius 2 is 2.00 bits per heavy atom. The summed E-state index contributed by atoms with van der Waals surface area (Å²) in [5.74, 6) is -1.76. The molecule has 2 saturated heterocycles. The fraction of sp³-hybridized carbons (Fsp3) is 0.474. The van der Waals surface area contributed by atoms with Crippen LogP contribution in [0.2, 0.25) is 0 Å². The molecule has 0 aliphatic carbocycles. The van der Waals surface area contributed by atoms with E-state index >= 15 is 0 Å². The van der Waals surface area contributed by atoms with Crippen molar-refractivity contribution in [3.63, 3.8) is 0 Å². The van der Waals surface area contributed by atoms with Gasteiger partial charge in [-0.15, -0.1) is 11.8 Å². The number of carbonyl (C=O) groups is 4. The van der Waals surface area contributed by atoms with Gasteiger partial charge in [0, 0.05) is 16.6 Å². The van der Waals surface area contributed by atoms with E-state index in [1.165, 1.54) is 47.9 Å². The lowest BCUT2D eigenvalue weighted by molar-refractivity contribution is -0.163. The Labute approximate surface area is 201 Å². The summed E-state index contributed by atoms with van der Waals surface area (Å²) >= 11 is 3.31. The maximum Gasteiger partial charge on any atom is 0.331 e. The Hall–Kier alpha value is -2.51. The largest absolute Gasteiger partial charge is 0.453 e. The molecule has 1 aromatic carbocycles. The van der Waals surface area contributed by atoms with Crippen molar-refractivity contribution in [3.8, 4) is 5.75 Å². The predicted octanol–water partition coefficient (Wildman–Crippen LogP) is 2.45. The fourth-order valence-electron chi connectivity index (χ4n) is 3.70. The van der Waals surface area contributed by atoms with Crippen LogP contribution in [0.4, 0.5) is 0 Å². The van der Waals surface area contributed by atoms with Crippen molar-refractivity contribution in [1.82, 2.24) is 10.2 Å². The van der Waals surface area contributed by atoms with Crippen LogP contribution in [0.15, 0.2) is 29.4 Å². The lowest BCUT2D eigenvalue weighted by Gasteiger charge is -2.44. The molecule has 3 rings (SSSR count). The number of ether oxygens (including phenoxy) is 2. The Kier molecular flexibility index (Phi) is 7.20. The zero-order valence-electron chi connectivity index (χ0n) is 17.4. The second kappa shape index (κ2) is 9.55. The van der Waals surface area contributed by atoms with Crippen LogP contribution in [0.3, 0.4) is 0 Å². The molecule has 1 unspecified atom stereocenters. The van der Waals surface area contributed by atoms with Crippen LogP contribution >= 0.6 is 34.4 Å². The number of hydrogen-bond donors (Lipinski definition) is 1. The van der Waals surface area contributed by atoms with E-state index < -0.39 is 52.0 Å². The molecule has 0 saturated carbocycles. The number of halogens is 1. The number of alkyl halides is 1. The van der Waals surface area contributed by atoms with Gasteiger partial charge in [-0.2, -0.15) is 0 Å². The van der Waals surface area contributed by atoms with E-state index in [9.17, 15) is 19.2 Å². The average Bonchev–Trinajstić information content (AvgIpc) is 2.98. The molecule has 170 valence electrons. The number of benzene rings is 1. The number of amides is 2. The van der Waals surface area contributed by atoms with Gasteiger partial charge >= 0.3 is 11.9 Å². The summed E-state index contributed by atoms with van der Waals surface area (Å²) in [6, 6.07) is 3.09. The van der Waals surface area contributed by atoms with Gasteiger partial charge in [0.15, 0.2) is 0 Å². The number of esters is 2. The number of azide groups is 1. The Morgan fingerprint density at radius 1 is 1.34 bits per heavy atom. The number of β-lactam (4-membered cyclic amide) rings is 1. The predicted molar refractivity (Wildman–Crippen MR) is 123 cm³/mol. The number of rotatable bonds is 7. The molecule has 11 nitrogen and oxygen atoms in total. The third-order valence-electron chi connectivity index (χ3n) is 5.03. The molecular weight excluding hydrogens is 553 g/mol. The summed E-state index contributed by atoms with van der Waals surface area (Å²) in [6.07, 6.45) is 0. The highest BCUT2D eigenvalue weighted by atomic mass is 127. The highest BCUT2D eigenvalue weighted by Gasteiger charge is 2.64. The van der Waals surface area contributed by atoms with Crippen molar-refractivity contribution in [1.29, 1.82) is 0 Å². The molecule has 2 amide bonds. The van der Waals surface area contributed by atoms with E-state index in [0.29, 0.717) is 5.56 Å². The number of nitrogens with one attached hydrogen (secondary N) is 1. The molecule has 1 N–H and O–H groups in total. The van der Waals surface area contributed by atoms with Gasteiger partial charge in [0.05, 0.1) is 0 Å². The minimum Gasteiger partial charge on any atom is -0.453 e. The number of hydrogen-bond acceptors (Lipinski definition) is 8. The first kappa shape index (κ1) is 24.1. The quantitative estimate of drug-likeness (QED) is 0.0769. The molecule has 0 aromatic heterocycles. The molecule has 13 heteroatoms. The molecule has 2 heterocycles. The second-order valence-electron chi connectivity index (χ2n) is 7.59. The molecule has 2 aliphatic heterocycles. The highest BCUT2D eigenvalue weighted by Crippen LogP contribution is 2.51. The van der Waals surface area contributed by atoms with Gasteiger partial charge in [0.2, 0.25) is 11.8 Å². The molecule has 1 aromatic rings. The van der Waals surface area contributed by atoms with Crippen molar-refractivity contribution in [3.05, 3.63) is 40.3 Å². The van der Waals surface area contributed by atoms with Crippen molar-refractivity contribution < 1.29 is 28.7 Å². The lowest BCUT2D eigenvalue weighted by atomic mass is 9.95. The maximum absolute atomic E-state index is 12.9. The number of nitrogens with zero attached hydrogens (tertiary/aromatic N) is 4. The van der Waals surface area contributed by atoms with Crippen LogP contribution in [0.1, 0.15) is 32.4 Å². The average molecular weight is 573 g/mol. The summed E-state index contributed by atoms with van der Waals surface area (Å²) in [6.45, 7) is 4.95. The molecule has 0 radical (unpaired) electrons. The zero-order chi connectivity index (χ0) is 23.6. The third-order valence-corrected chi connectivity index (χ3v) is 6.91. The lowest BCUT2D eigenvalue weighted by Crippen LogP contribution is -2.71. The molecule has 0 bridgehead atoms. The summed E-state index contributed by atoms with van der Waals surface area (Å²) in [5, 5.41) is 5.76. The van der Waals surface area contributed by atoms with Crippen LogP contribution in [0, 0.1) is 0 Å². The van der Waals surface area contributed by atoms with Crippen LogP contribution in [-0.4, -0.2) is 55.5 Å². The van der Waals surface area contributed by atoms with Gasteiger partial charge in [0.1, 0.15) is 33.9 Å². The fourth-order valence-corrected chi connectivity index (χ4v) is 5.63. The maximum atomic E-state index is 12.9. The summed E-state index contributed by atoms with van der Waals surface area (Å²) in [7, 11) is 0. The minimum atomic E-state index is -1.23. The van der Waals surface area contributed by atoms with Gasteiger partial charge in [0.25, 0.3) is 0 Å². The molecule has 2 fully saturated rings. The van der Waals surface area contributed by atoms with E-state index in [4.69, 9.17) is 15.0 Å². The number of carbonyl (C=O) groups excluding carboxylic acids is 4. The Balaban J connectivity index is 1.74. The normalized spacial score (nSPS) is 23.8. The SMILES string of the molecule is CC(=O)Oc1ccc(C(N=[N+]=[N-])C(=O)N[C@@H]2C(=O)N3[C@@H]2SC(C)(C)[C@@H]3C(=O)OCI)cc1. The summed E-state index contributed by atoms with van der Waals surface area (Å²) in [5.41, 5.74) is 9.28. The van der Waals surface area contributed by atoms with Crippen LogP contribution < -0.4 is 10.1 Å². The molecule has 32 heavy (non-hydrogen) atoms. The first-order valence-corrected chi connectivity index (χ1v) is 11.9. The Morgan fingerprint density at radius 3 is 2.56 bits per heavy atom. The van der Waals surface area contributed by atoms with Crippen LogP contribution in [0.5, 0.6) is 5.75 Å². The van der Waals surface area contributed by atoms with Gasteiger partial charge in [-0.1, -0.05) is 17.2 Å². The highest BCUT2D eigenvalue weighted by molar-refractivity contribution is 14.1. The molecule has 2 aliphatic rings. The van der Waals surface area contributed by atoms with Crippen molar-refractivity contribution >= 4 is 58.1 Å². The third kappa shape index (κ3) is 4.64. The molecule has 0 spiro atoms. The van der Waals surface area contributed by atoms with E-state index in [1.54, 1.807) is 0 Å². The van der Waals surface area contributed by atoms with Crippen molar-refractivity contribution in [2.75, 3.05) is 4.61 Å². The standard InChI is InChI=1S/C19H20IN5O6S/c1-9(26)31-11-6-4-10(5-7-11)12(23-24-21)15(27)22-13-16(28)25-14(18(29)30-8-20)19(2,3)32-17(13)25/h4-7,12-14,17H,8H2,1-3H3,(H,22,27)/t12?,13-,14+,17-/m1/s1. The minimum absolute atomic E-state index is 0.171. The van der Waals surface area contributed by atoms with E-state index in [0.717, 1.165) is 0 Å². The first-order valence-electron chi connectivity index (χ1n) is 9.46. The van der Waals surface area contributed by atoms with E-state index in [1.807, 2.05) is 36.4 Å². The first-order chi connectivity index (χ1) is 15.1. The Bertz CT molecular complexity index is 996. The smallest absolute Gasteiger partial charge is 0.331 e.